The van der Waals surface area contributed by atoms with Gasteiger partial charge in [0.25, 0.3) is 0 Å². The molecule has 0 bridgehead atoms. The van der Waals surface area contributed by atoms with Gasteiger partial charge in [-0.05, 0) is 24.3 Å². The highest BCUT2D eigenvalue weighted by Gasteiger charge is 2.01. The van der Waals surface area contributed by atoms with E-state index in [-0.39, 0.29) is 5.56 Å². The molecule has 0 spiro atoms. The molecule has 1 unspecified atom stereocenters. The number of rotatable bonds is 8. The monoisotopic (exact) mass is 271 g/mol. The van der Waals surface area contributed by atoms with Crippen LogP contribution in [-0.2, 0) is 10.8 Å². The summed E-state index contributed by atoms with van der Waals surface area (Å²) >= 11 is 0. The van der Waals surface area contributed by atoms with E-state index >= 15 is 0 Å². The normalized spacial score (nSPS) is 12.1. The van der Waals surface area contributed by atoms with Crippen molar-refractivity contribution in [3.8, 4) is 5.75 Å². The maximum absolute atomic E-state index is 10.8. The molecule has 0 aliphatic heterocycles. The van der Waals surface area contributed by atoms with Gasteiger partial charge in [-0.25, -0.2) is 4.79 Å². The van der Waals surface area contributed by atoms with Gasteiger partial charge in [0, 0.05) is 35.9 Å². The van der Waals surface area contributed by atoms with E-state index in [1.54, 1.807) is 18.4 Å². The average Bonchev–Trinajstić information content (AvgIpc) is 2.34. The summed E-state index contributed by atoms with van der Waals surface area (Å²) in [6.45, 7) is 1.85. The Bertz CT molecular complexity index is 405. The van der Waals surface area contributed by atoms with Gasteiger partial charge in [0.05, 0.1) is 5.56 Å². The Hall–Kier alpha value is -1.40. The molecule has 0 saturated carbocycles. The first kappa shape index (κ1) is 14.7. The summed E-state index contributed by atoms with van der Waals surface area (Å²) in [4.78, 5) is 10.6. The molecule has 6 heteroatoms. The lowest BCUT2D eigenvalue weighted by molar-refractivity contribution is 0.0697. The van der Waals surface area contributed by atoms with E-state index in [4.69, 9.17) is 9.84 Å². The van der Waals surface area contributed by atoms with Crippen molar-refractivity contribution in [2.75, 3.05) is 31.7 Å². The fourth-order valence-corrected chi connectivity index (χ4v) is 1.71. The number of nitrogens with one attached hydrogen (secondary N) is 1. The molecule has 5 nitrogen and oxygen atoms in total. The summed E-state index contributed by atoms with van der Waals surface area (Å²) in [5.74, 6) is 0.324. The van der Waals surface area contributed by atoms with Crippen LogP contribution in [0.25, 0.3) is 0 Å². The van der Waals surface area contributed by atoms with Gasteiger partial charge in [0.2, 0.25) is 0 Å². The van der Waals surface area contributed by atoms with Gasteiger partial charge in [-0.1, -0.05) is 0 Å². The van der Waals surface area contributed by atoms with E-state index < -0.39 is 16.8 Å². The van der Waals surface area contributed by atoms with Gasteiger partial charge in [-0.2, -0.15) is 0 Å². The predicted octanol–water partition coefficient (Wildman–Crippen LogP) is 0.732. The first-order valence-corrected chi connectivity index (χ1v) is 7.29. The fourth-order valence-electron chi connectivity index (χ4n) is 1.28. The molecule has 1 aromatic rings. The van der Waals surface area contributed by atoms with E-state index in [1.165, 1.54) is 12.1 Å². The van der Waals surface area contributed by atoms with Crippen LogP contribution < -0.4 is 10.1 Å². The zero-order valence-electron chi connectivity index (χ0n) is 10.2. The second-order valence-electron chi connectivity index (χ2n) is 3.71. The highest BCUT2D eigenvalue weighted by atomic mass is 32.2. The van der Waals surface area contributed by atoms with Crippen molar-refractivity contribution in [2.45, 2.75) is 0 Å². The molecule has 1 aromatic carbocycles. The zero-order chi connectivity index (χ0) is 13.4. The largest absolute Gasteiger partial charge is 0.492 e. The Balaban J connectivity index is 2.19. The number of carboxylic acid groups (broad SMARTS) is 1. The molecule has 1 atom stereocenters. The third-order valence-electron chi connectivity index (χ3n) is 2.22. The van der Waals surface area contributed by atoms with Crippen molar-refractivity contribution in [1.29, 1.82) is 0 Å². The Morgan fingerprint density at radius 2 is 2.00 bits per heavy atom. The van der Waals surface area contributed by atoms with Crippen molar-refractivity contribution in [2.24, 2.45) is 0 Å². The van der Waals surface area contributed by atoms with E-state index in [2.05, 4.69) is 5.32 Å². The summed E-state index contributed by atoms with van der Waals surface area (Å²) in [5.41, 5.74) is 0.242. The number of hydrogen-bond donors (Lipinski definition) is 2. The van der Waals surface area contributed by atoms with Crippen LogP contribution in [0.3, 0.4) is 0 Å². The van der Waals surface area contributed by atoms with Crippen molar-refractivity contribution in [3.05, 3.63) is 29.8 Å². The van der Waals surface area contributed by atoms with Crippen LogP contribution >= 0.6 is 0 Å². The number of aromatic carboxylic acids is 1. The van der Waals surface area contributed by atoms with Crippen LogP contribution in [0.5, 0.6) is 5.75 Å². The topological polar surface area (TPSA) is 75.6 Å². The van der Waals surface area contributed by atoms with Gasteiger partial charge in [0.1, 0.15) is 12.4 Å². The number of hydrogen-bond acceptors (Lipinski definition) is 4. The summed E-state index contributed by atoms with van der Waals surface area (Å²) in [6, 6.07) is 6.27. The van der Waals surface area contributed by atoms with E-state index in [9.17, 15) is 9.00 Å². The van der Waals surface area contributed by atoms with E-state index in [0.29, 0.717) is 31.2 Å². The Morgan fingerprint density at radius 1 is 1.33 bits per heavy atom. The third kappa shape index (κ3) is 5.79. The molecule has 2 N–H and O–H groups in total. The summed E-state index contributed by atoms with van der Waals surface area (Å²) in [5, 5.41) is 11.8. The number of carbonyl (C=O) groups is 1. The molecule has 0 aliphatic carbocycles. The van der Waals surface area contributed by atoms with E-state index in [1.807, 2.05) is 0 Å². The minimum atomic E-state index is -0.948. The van der Waals surface area contributed by atoms with Gasteiger partial charge in [-0.3, -0.25) is 4.21 Å². The second kappa shape index (κ2) is 7.84. The SMILES string of the molecule is CS(=O)CCNCCOc1ccc(C(=O)O)cc1. The molecular formula is C12H17NO4S. The van der Waals surface area contributed by atoms with Gasteiger partial charge < -0.3 is 15.2 Å². The minimum absolute atomic E-state index is 0.242. The lowest BCUT2D eigenvalue weighted by Gasteiger charge is -2.07. The lowest BCUT2D eigenvalue weighted by Crippen LogP contribution is -2.25. The Labute approximate surface area is 109 Å². The number of carboxylic acids is 1. The molecular weight excluding hydrogens is 254 g/mol. The third-order valence-corrected chi connectivity index (χ3v) is 2.99. The van der Waals surface area contributed by atoms with Crippen LogP contribution in [0.15, 0.2) is 24.3 Å². The summed E-state index contributed by atoms with van der Waals surface area (Å²) in [7, 11) is -0.773. The van der Waals surface area contributed by atoms with Crippen LogP contribution in [-0.4, -0.2) is 47.0 Å². The average molecular weight is 271 g/mol. The minimum Gasteiger partial charge on any atom is -0.492 e. The van der Waals surface area contributed by atoms with Gasteiger partial charge >= 0.3 is 5.97 Å². The molecule has 100 valence electrons. The molecule has 0 saturated heterocycles. The van der Waals surface area contributed by atoms with E-state index in [0.717, 1.165) is 0 Å². The maximum Gasteiger partial charge on any atom is 0.335 e. The highest BCUT2D eigenvalue weighted by molar-refractivity contribution is 7.84. The number of ether oxygens (including phenoxy) is 1. The van der Waals surface area contributed by atoms with Crippen molar-refractivity contribution in [3.63, 3.8) is 0 Å². The van der Waals surface area contributed by atoms with Crippen LogP contribution in [0.4, 0.5) is 0 Å². The standard InChI is InChI=1S/C12H17NO4S/c1-18(16)9-7-13-6-8-17-11-4-2-10(3-5-11)12(14)15/h2-5,13H,6-9H2,1H3,(H,14,15). The highest BCUT2D eigenvalue weighted by Crippen LogP contribution is 2.11. The fraction of sp³-hybridized carbons (Fsp3) is 0.417. The summed E-state index contributed by atoms with van der Waals surface area (Å²) in [6.07, 6.45) is 1.67. The zero-order valence-corrected chi connectivity index (χ0v) is 11.0. The molecule has 0 aromatic heterocycles. The first-order chi connectivity index (χ1) is 8.59. The molecule has 0 heterocycles. The van der Waals surface area contributed by atoms with Crippen molar-refractivity contribution in [1.82, 2.24) is 5.32 Å². The van der Waals surface area contributed by atoms with Crippen LogP contribution in [0.2, 0.25) is 0 Å². The molecule has 0 radical (unpaired) electrons. The Morgan fingerprint density at radius 3 is 2.56 bits per heavy atom. The molecule has 0 fully saturated rings. The van der Waals surface area contributed by atoms with Crippen LogP contribution in [0.1, 0.15) is 10.4 Å². The predicted molar refractivity (Wildman–Crippen MR) is 70.7 cm³/mol. The first-order valence-electron chi connectivity index (χ1n) is 5.56. The molecule has 1 rings (SSSR count). The molecule has 0 amide bonds. The quantitative estimate of drug-likeness (QED) is 0.682. The second-order valence-corrected chi connectivity index (χ2v) is 5.26. The Kier molecular flexibility index (Phi) is 6.38. The number of benzene rings is 1. The maximum atomic E-state index is 10.8. The van der Waals surface area contributed by atoms with Crippen molar-refractivity contribution < 1.29 is 18.8 Å². The van der Waals surface area contributed by atoms with Crippen molar-refractivity contribution >= 4 is 16.8 Å². The summed E-state index contributed by atoms with van der Waals surface area (Å²) < 4.78 is 16.2. The molecule has 0 aliphatic rings. The smallest absolute Gasteiger partial charge is 0.335 e. The molecule has 18 heavy (non-hydrogen) atoms. The lowest BCUT2D eigenvalue weighted by atomic mass is 10.2. The van der Waals surface area contributed by atoms with Gasteiger partial charge in [-0.15, -0.1) is 0 Å². The van der Waals surface area contributed by atoms with Gasteiger partial charge in [0.15, 0.2) is 0 Å². The van der Waals surface area contributed by atoms with Crippen LogP contribution in [0, 0.1) is 0 Å².